The van der Waals surface area contributed by atoms with Crippen LogP contribution in [0.15, 0.2) is 6.07 Å². The molecule has 84 valence electrons. The summed E-state index contributed by atoms with van der Waals surface area (Å²) in [7, 11) is 0. The molecule has 1 rings (SSSR count). The molecule has 0 amide bonds. The van der Waals surface area contributed by atoms with Crippen molar-refractivity contribution in [1.82, 2.24) is 9.78 Å². The molecule has 0 saturated heterocycles. The lowest BCUT2D eigenvalue weighted by atomic mass is 10.1. The van der Waals surface area contributed by atoms with Gasteiger partial charge in [-0.15, -0.1) is 0 Å². The van der Waals surface area contributed by atoms with Gasteiger partial charge in [-0.3, -0.25) is 9.48 Å². The van der Waals surface area contributed by atoms with Crippen LogP contribution in [-0.4, -0.2) is 26.9 Å². The van der Waals surface area contributed by atoms with Crippen LogP contribution >= 0.6 is 0 Å². The monoisotopic (exact) mass is 211 g/mol. The standard InChI is InChI=1S/C10H17N3O2/c1-3-7-5-8(13(4-2)12-7)6-9(11)10(14)15/h5,9H,3-4,6,11H2,1-2H3,(H,14,15)/t9-/m0/s1. The van der Waals surface area contributed by atoms with E-state index in [4.69, 9.17) is 10.8 Å². The van der Waals surface area contributed by atoms with Gasteiger partial charge in [-0.2, -0.15) is 5.10 Å². The highest BCUT2D eigenvalue weighted by molar-refractivity contribution is 5.73. The molecule has 5 heteroatoms. The van der Waals surface area contributed by atoms with Crippen molar-refractivity contribution in [3.63, 3.8) is 0 Å². The van der Waals surface area contributed by atoms with E-state index in [1.54, 1.807) is 0 Å². The molecule has 0 radical (unpaired) electrons. The molecule has 0 saturated carbocycles. The van der Waals surface area contributed by atoms with Crippen molar-refractivity contribution >= 4 is 5.97 Å². The molecule has 1 aromatic rings. The molecule has 0 aliphatic carbocycles. The number of rotatable bonds is 5. The molecule has 1 heterocycles. The van der Waals surface area contributed by atoms with E-state index < -0.39 is 12.0 Å². The quantitative estimate of drug-likeness (QED) is 0.739. The highest BCUT2D eigenvalue weighted by Crippen LogP contribution is 2.07. The number of carbonyl (C=O) groups is 1. The molecule has 0 bridgehead atoms. The summed E-state index contributed by atoms with van der Waals surface area (Å²) in [4.78, 5) is 10.6. The summed E-state index contributed by atoms with van der Waals surface area (Å²) in [5, 5.41) is 13.0. The summed E-state index contributed by atoms with van der Waals surface area (Å²) in [6.45, 7) is 4.73. The van der Waals surface area contributed by atoms with Gasteiger partial charge in [0, 0.05) is 18.7 Å². The number of aliphatic carboxylic acids is 1. The zero-order valence-electron chi connectivity index (χ0n) is 9.10. The fraction of sp³-hybridized carbons (Fsp3) is 0.600. The Balaban J connectivity index is 2.83. The molecule has 1 aromatic heterocycles. The van der Waals surface area contributed by atoms with Crippen LogP contribution in [0.5, 0.6) is 0 Å². The maximum absolute atomic E-state index is 10.6. The predicted octanol–water partition coefficient (Wildman–Crippen LogP) is 0.420. The van der Waals surface area contributed by atoms with E-state index in [1.165, 1.54) is 0 Å². The Morgan fingerprint density at radius 3 is 2.80 bits per heavy atom. The third-order valence-corrected chi connectivity index (χ3v) is 2.32. The van der Waals surface area contributed by atoms with Gasteiger partial charge in [0.1, 0.15) is 6.04 Å². The molecule has 0 aliphatic rings. The van der Waals surface area contributed by atoms with Crippen molar-refractivity contribution < 1.29 is 9.90 Å². The van der Waals surface area contributed by atoms with Gasteiger partial charge in [0.25, 0.3) is 0 Å². The highest BCUT2D eigenvalue weighted by Gasteiger charge is 2.15. The Kier molecular flexibility index (Phi) is 3.85. The van der Waals surface area contributed by atoms with E-state index in [2.05, 4.69) is 5.10 Å². The minimum Gasteiger partial charge on any atom is -0.480 e. The number of carboxylic acid groups (broad SMARTS) is 1. The van der Waals surface area contributed by atoms with Crippen LogP contribution in [0.2, 0.25) is 0 Å². The fourth-order valence-electron chi connectivity index (χ4n) is 1.44. The van der Waals surface area contributed by atoms with Gasteiger partial charge >= 0.3 is 5.97 Å². The molecular weight excluding hydrogens is 194 g/mol. The van der Waals surface area contributed by atoms with E-state index in [0.717, 1.165) is 24.4 Å². The van der Waals surface area contributed by atoms with Gasteiger partial charge in [0.05, 0.1) is 5.69 Å². The van der Waals surface area contributed by atoms with Crippen LogP contribution < -0.4 is 5.73 Å². The second-order valence-corrected chi connectivity index (χ2v) is 3.45. The normalized spacial score (nSPS) is 12.7. The molecule has 5 nitrogen and oxygen atoms in total. The highest BCUT2D eigenvalue weighted by atomic mass is 16.4. The Hall–Kier alpha value is -1.36. The number of hydrogen-bond donors (Lipinski definition) is 2. The van der Waals surface area contributed by atoms with Crippen molar-refractivity contribution in [2.24, 2.45) is 5.73 Å². The lowest BCUT2D eigenvalue weighted by molar-refractivity contribution is -0.138. The molecule has 0 unspecified atom stereocenters. The first-order valence-corrected chi connectivity index (χ1v) is 5.12. The van der Waals surface area contributed by atoms with Gasteiger partial charge in [-0.05, 0) is 19.4 Å². The molecule has 0 aromatic carbocycles. The topological polar surface area (TPSA) is 81.1 Å². The van der Waals surface area contributed by atoms with Crippen LogP contribution in [0.4, 0.5) is 0 Å². The zero-order chi connectivity index (χ0) is 11.4. The van der Waals surface area contributed by atoms with Gasteiger partial charge < -0.3 is 10.8 Å². The third-order valence-electron chi connectivity index (χ3n) is 2.32. The number of carboxylic acids is 1. The van der Waals surface area contributed by atoms with E-state index in [0.29, 0.717) is 6.42 Å². The smallest absolute Gasteiger partial charge is 0.320 e. The van der Waals surface area contributed by atoms with Crippen LogP contribution in [0, 0.1) is 0 Å². The SMILES string of the molecule is CCc1cc(C[C@H](N)C(=O)O)n(CC)n1. The van der Waals surface area contributed by atoms with Crippen LogP contribution in [-0.2, 0) is 24.2 Å². The molecule has 15 heavy (non-hydrogen) atoms. The summed E-state index contributed by atoms with van der Waals surface area (Å²) in [6, 6.07) is 1.07. The Morgan fingerprint density at radius 2 is 2.33 bits per heavy atom. The second-order valence-electron chi connectivity index (χ2n) is 3.45. The fourth-order valence-corrected chi connectivity index (χ4v) is 1.44. The lowest BCUT2D eigenvalue weighted by Gasteiger charge is -2.07. The maximum atomic E-state index is 10.6. The maximum Gasteiger partial charge on any atom is 0.320 e. The predicted molar refractivity (Wildman–Crippen MR) is 56.6 cm³/mol. The largest absolute Gasteiger partial charge is 0.480 e. The molecule has 3 N–H and O–H groups in total. The van der Waals surface area contributed by atoms with Crippen molar-refractivity contribution in [2.45, 2.75) is 39.3 Å². The van der Waals surface area contributed by atoms with Crippen LogP contribution in [0.3, 0.4) is 0 Å². The van der Waals surface area contributed by atoms with E-state index >= 15 is 0 Å². The zero-order valence-corrected chi connectivity index (χ0v) is 9.10. The van der Waals surface area contributed by atoms with Crippen molar-refractivity contribution in [1.29, 1.82) is 0 Å². The molecule has 0 spiro atoms. The summed E-state index contributed by atoms with van der Waals surface area (Å²) >= 11 is 0. The van der Waals surface area contributed by atoms with Crippen LogP contribution in [0.25, 0.3) is 0 Å². The number of aryl methyl sites for hydroxylation is 2. The van der Waals surface area contributed by atoms with E-state index in [9.17, 15) is 4.79 Å². The first-order valence-electron chi connectivity index (χ1n) is 5.12. The summed E-state index contributed by atoms with van der Waals surface area (Å²) in [5.74, 6) is -0.975. The van der Waals surface area contributed by atoms with E-state index in [-0.39, 0.29) is 0 Å². The summed E-state index contributed by atoms with van der Waals surface area (Å²) < 4.78 is 1.81. The molecule has 0 aliphatic heterocycles. The average molecular weight is 211 g/mol. The Morgan fingerprint density at radius 1 is 1.67 bits per heavy atom. The third kappa shape index (κ3) is 2.79. The van der Waals surface area contributed by atoms with E-state index in [1.807, 2.05) is 24.6 Å². The minimum absolute atomic E-state index is 0.330. The first-order chi connectivity index (χ1) is 7.08. The number of nitrogens with zero attached hydrogens (tertiary/aromatic N) is 2. The van der Waals surface area contributed by atoms with Crippen molar-refractivity contribution in [3.05, 3.63) is 17.5 Å². The Bertz CT molecular complexity index is 346. The Labute approximate surface area is 88.9 Å². The van der Waals surface area contributed by atoms with Gasteiger partial charge in [0.2, 0.25) is 0 Å². The minimum atomic E-state index is -0.975. The van der Waals surface area contributed by atoms with Gasteiger partial charge in [-0.1, -0.05) is 6.92 Å². The van der Waals surface area contributed by atoms with Crippen LogP contribution in [0.1, 0.15) is 25.2 Å². The number of nitrogens with two attached hydrogens (primary N) is 1. The molecular formula is C10H17N3O2. The second kappa shape index (κ2) is 4.93. The van der Waals surface area contributed by atoms with Gasteiger partial charge in [-0.25, -0.2) is 0 Å². The lowest BCUT2D eigenvalue weighted by Crippen LogP contribution is -2.33. The number of hydrogen-bond acceptors (Lipinski definition) is 3. The average Bonchev–Trinajstić information content (AvgIpc) is 2.60. The number of aromatic nitrogens is 2. The first kappa shape index (κ1) is 11.7. The summed E-state index contributed by atoms with van der Waals surface area (Å²) in [6.07, 6.45) is 1.18. The van der Waals surface area contributed by atoms with Crippen molar-refractivity contribution in [3.8, 4) is 0 Å². The molecule has 0 fully saturated rings. The summed E-state index contributed by atoms with van der Waals surface area (Å²) in [5.41, 5.74) is 7.35. The van der Waals surface area contributed by atoms with Gasteiger partial charge in [0.15, 0.2) is 0 Å². The van der Waals surface area contributed by atoms with Crippen molar-refractivity contribution in [2.75, 3.05) is 0 Å². The molecule has 1 atom stereocenters.